The van der Waals surface area contributed by atoms with Crippen LogP contribution in [0.1, 0.15) is 31.7 Å². The van der Waals surface area contributed by atoms with Crippen molar-refractivity contribution in [2.75, 3.05) is 0 Å². The standard InChI is InChI=1S/C19H17F4N3O/c1-2-3-4-6-26-7-5-12-8-13(9-15(20)16(12)18(26)27)17-24-10-14(11-25-17)19(21,22)23/h5,7-11H,2-4,6H2,1H3. The van der Waals surface area contributed by atoms with Gasteiger partial charge in [-0.2, -0.15) is 13.2 Å². The summed E-state index contributed by atoms with van der Waals surface area (Å²) in [4.78, 5) is 19.9. The molecular weight excluding hydrogens is 362 g/mol. The third-order valence-electron chi connectivity index (χ3n) is 4.27. The van der Waals surface area contributed by atoms with Crippen LogP contribution < -0.4 is 5.56 Å². The highest BCUT2D eigenvalue weighted by Crippen LogP contribution is 2.29. The summed E-state index contributed by atoms with van der Waals surface area (Å²) >= 11 is 0. The van der Waals surface area contributed by atoms with Crippen molar-refractivity contribution < 1.29 is 17.6 Å². The maximum atomic E-state index is 14.6. The number of hydrogen-bond acceptors (Lipinski definition) is 3. The van der Waals surface area contributed by atoms with Crippen molar-refractivity contribution in [2.24, 2.45) is 0 Å². The third kappa shape index (κ3) is 3.99. The molecule has 3 rings (SSSR count). The van der Waals surface area contributed by atoms with Crippen LogP contribution in [-0.4, -0.2) is 14.5 Å². The summed E-state index contributed by atoms with van der Waals surface area (Å²) < 4.78 is 53.9. The number of halogens is 4. The lowest BCUT2D eigenvalue weighted by Gasteiger charge is -2.09. The van der Waals surface area contributed by atoms with E-state index in [0.29, 0.717) is 24.3 Å². The topological polar surface area (TPSA) is 47.8 Å². The van der Waals surface area contributed by atoms with Crippen molar-refractivity contribution in [3.8, 4) is 11.4 Å². The van der Waals surface area contributed by atoms with E-state index in [4.69, 9.17) is 0 Å². The zero-order valence-corrected chi connectivity index (χ0v) is 14.6. The van der Waals surface area contributed by atoms with Crippen LogP contribution in [0.3, 0.4) is 0 Å². The number of benzene rings is 1. The van der Waals surface area contributed by atoms with E-state index in [2.05, 4.69) is 9.97 Å². The minimum atomic E-state index is -4.55. The van der Waals surface area contributed by atoms with Crippen LogP contribution in [0.25, 0.3) is 22.2 Å². The molecule has 0 fully saturated rings. The molecule has 0 bridgehead atoms. The number of hydrogen-bond donors (Lipinski definition) is 0. The Morgan fingerprint density at radius 2 is 1.81 bits per heavy atom. The number of nitrogens with zero attached hydrogens (tertiary/aromatic N) is 3. The summed E-state index contributed by atoms with van der Waals surface area (Å²) in [6.07, 6.45) is 1.14. The molecule has 3 aromatic rings. The summed E-state index contributed by atoms with van der Waals surface area (Å²) in [6, 6.07) is 4.18. The highest BCUT2D eigenvalue weighted by atomic mass is 19.4. The Kier molecular flexibility index (Phi) is 5.25. The predicted octanol–water partition coefficient (Wildman–Crippen LogP) is 4.81. The monoisotopic (exact) mass is 379 g/mol. The normalized spacial score (nSPS) is 11.9. The minimum Gasteiger partial charge on any atom is -0.315 e. The molecule has 2 heterocycles. The first kappa shape index (κ1) is 19.0. The second-order valence-corrected chi connectivity index (χ2v) is 6.24. The number of aryl methyl sites for hydroxylation is 1. The molecule has 0 atom stereocenters. The summed E-state index contributed by atoms with van der Waals surface area (Å²) in [6.45, 7) is 2.56. The SMILES string of the molecule is CCCCCn1ccc2cc(-c3ncc(C(F)(F)F)cn3)cc(F)c2c1=O. The lowest BCUT2D eigenvalue weighted by molar-refractivity contribution is -0.138. The first-order valence-electron chi connectivity index (χ1n) is 8.53. The quantitative estimate of drug-likeness (QED) is 0.472. The molecule has 142 valence electrons. The Balaban J connectivity index is 2.00. The van der Waals surface area contributed by atoms with Crippen LogP contribution in [0.2, 0.25) is 0 Å². The van der Waals surface area contributed by atoms with Crippen molar-refractivity contribution in [2.45, 2.75) is 38.9 Å². The summed E-state index contributed by atoms with van der Waals surface area (Å²) in [7, 11) is 0. The lowest BCUT2D eigenvalue weighted by Crippen LogP contribution is -2.20. The molecule has 8 heteroatoms. The first-order chi connectivity index (χ1) is 12.8. The van der Waals surface area contributed by atoms with Crippen LogP contribution in [0.15, 0.2) is 41.6 Å². The van der Waals surface area contributed by atoms with Crippen molar-refractivity contribution >= 4 is 10.8 Å². The molecule has 2 aromatic heterocycles. The Labute approximate surface area is 152 Å². The van der Waals surface area contributed by atoms with Gasteiger partial charge in [-0.15, -0.1) is 0 Å². The Hall–Kier alpha value is -2.77. The fraction of sp³-hybridized carbons (Fsp3) is 0.316. The number of fused-ring (bicyclic) bond motifs is 1. The van der Waals surface area contributed by atoms with Gasteiger partial charge in [0.15, 0.2) is 5.82 Å². The molecule has 0 radical (unpaired) electrons. The van der Waals surface area contributed by atoms with Crippen LogP contribution in [0.4, 0.5) is 17.6 Å². The Morgan fingerprint density at radius 1 is 1.11 bits per heavy atom. The maximum Gasteiger partial charge on any atom is 0.419 e. The van der Waals surface area contributed by atoms with Gasteiger partial charge < -0.3 is 4.57 Å². The number of alkyl halides is 3. The molecule has 0 unspecified atom stereocenters. The van der Waals surface area contributed by atoms with Crippen molar-refractivity contribution in [3.05, 3.63) is 58.5 Å². The molecule has 0 saturated carbocycles. The van der Waals surface area contributed by atoms with Crippen LogP contribution in [0.5, 0.6) is 0 Å². The summed E-state index contributed by atoms with van der Waals surface area (Å²) in [5.41, 5.74) is -1.21. The van der Waals surface area contributed by atoms with E-state index in [9.17, 15) is 22.4 Å². The first-order valence-corrected chi connectivity index (χ1v) is 8.53. The van der Waals surface area contributed by atoms with Gasteiger partial charge in [0.25, 0.3) is 5.56 Å². The predicted molar refractivity (Wildman–Crippen MR) is 93.7 cm³/mol. The molecule has 27 heavy (non-hydrogen) atoms. The largest absolute Gasteiger partial charge is 0.419 e. The molecule has 0 N–H and O–H groups in total. The average molecular weight is 379 g/mol. The zero-order valence-electron chi connectivity index (χ0n) is 14.6. The second kappa shape index (κ2) is 7.46. The lowest BCUT2D eigenvalue weighted by atomic mass is 10.1. The second-order valence-electron chi connectivity index (χ2n) is 6.24. The molecule has 0 amide bonds. The fourth-order valence-corrected chi connectivity index (χ4v) is 2.83. The molecule has 4 nitrogen and oxygen atoms in total. The van der Waals surface area contributed by atoms with E-state index in [-0.39, 0.29) is 16.8 Å². The van der Waals surface area contributed by atoms with E-state index in [1.54, 1.807) is 12.3 Å². The van der Waals surface area contributed by atoms with E-state index in [1.807, 2.05) is 6.92 Å². The van der Waals surface area contributed by atoms with Crippen LogP contribution in [-0.2, 0) is 12.7 Å². The zero-order chi connectivity index (χ0) is 19.6. The molecule has 0 saturated heterocycles. The molecular formula is C19H17F4N3O. The van der Waals surface area contributed by atoms with Gasteiger partial charge in [0.05, 0.1) is 10.9 Å². The fourth-order valence-electron chi connectivity index (χ4n) is 2.83. The molecule has 1 aromatic carbocycles. The van der Waals surface area contributed by atoms with Gasteiger partial charge in [0.1, 0.15) is 5.82 Å². The minimum absolute atomic E-state index is 0.0454. The van der Waals surface area contributed by atoms with Gasteiger partial charge in [0.2, 0.25) is 0 Å². The number of rotatable bonds is 5. The number of pyridine rings is 1. The molecule has 0 aliphatic carbocycles. The van der Waals surface area contributed by atoms with Crippen LogP contribution >= 0.6 is 0 Å². The number of aromatic nitrogens is 3. The molecule has 0 spiro atoms. The summed E-state index contributed by atoms with van der Waals surface area (Å²) in [5, 5.41) is 0.301. The van der Waals surface area contributed by atoms with E-state index < -0.39 is 23.1 Å². The van der Waals surface area contributed by atoms with Gasteiger partial charge in [-0.3, -0.25) is 4.79 Å². The number of unbranched alkanes of at least 4 members (excludes halogenated alkanes) is 2. The molecule has 0 aliphatic rings. The van der Waals surface area contributed by atoms with Gasteiger partial charge in [0, 0.05) is 30.7 Å². The highest BCUT2D eigenvalue weighted by molar-refractivity contribution is 5.86. The van der Waals surface area contributed by atoms with E-state index in [0.717, 1.165) is 25.3 Å². The smallest absolute Gasteiger partial charge is 0.315 e. The van der Waals surface area contributed by atoms with Gasteiger partial charge in [-0.05, 0) is 30.0 Å². The van der Waals surface area contributed by atoms with Gasteiger partial charge in [-0.1, -0.05) is 19.8 Å². The maximum absolute atomic E-state index is 14.6. The van der Waals surface area contributed by atoms with Crippen molar-refractivity contribution in [1.29, 1.82) is 0 Å². The van der Waals surface area contributed by atoms with E-state index >= 15 is 0 Å². The van der Waals surface area contributed by atoms with Gasteiger partial charge in [-0.25, -0.2) is 14.4 Å². The third-order valence-corrected chi connectivity index (χ3v) is 4.27. The summed E-state index contributed by atoms with van der Waals surface area (Å²) in [5.74, 6) is -0.795. The average Bonchev–Trinajstić information content (AvgIpc) is 2.63. The van der Waals surface area contributed by atoms with Crippen molar-refractivity contribution in [1.82, 2.24) is 14.5 Å². The van der Waals surface area contributed by atoms with Gasteiger partial charge >= 0.3 is 6.18 Å². The van der Waals surface area contributed by atoms with Crippen molar-refractivity contribution in [3.63, 3.8) is 0 Å². The highest BCUT2D eigenvalue weighted by Gasteiger charge is 2.31. The van der Waals surface area contributed by atoms with E-state index in [1.165, 1.54) is 10.6 Å². The van der Waals surface area contributed by atoms with Crippen LogP contribution in [0, 0.1) is 5.82 Å². The Bertz CT molecular complexity index is 1010. The Morgan fingerprint density at radius 3 is 2.44 bits per heavy atom. The molecule has 0 aliphatic heterocycles.